The second kappa shape index (κ2) is 6.36. The molecule has 0 heterocycles. The van der Waals surface area contributed by atoms with E-state index in [1.165, 1.54) is 0 Å². The maximum absolute atomic E-state index is 13.5. The lowest BCUT2D eigenvalue weighted by molar-refractivity contribution is 0.253. The van der Waals surface area contributed by atoms with Crippen LogP contribution >= 0.6 is 0 Å². The van der Waals surface area contributed by atoms with Crippen LogP contribution < -0.4 is 0 Å². The molecule has 0 aliphatic heterocycles. The molecule has 0 saturated heterocycles. The minimum atomic E-state index is -4.30. The first-order valence-electron chi connectivity index (χ1n) is 5.60. The first kappa shape index (κ1) is 15.9. The van der Waals surface area contributed by atoms with Gasteiger partial charge in [0.1, 0.15) is 4.90 Å². The summed E-state index contributed by atoms with van der Waals surface area (Å²) in [5, 5.41) is 8.81. The molecule has 0 radical (unpaired) electrons. The Morgan fingerprint density at radius 2 is 1.79 bits per heavy atom. The first-order chi connectivity index (χ1) is 8.86. The summed E-state index contributed by atoms with van der Waals surface area (Å²) in [7, 11) is -4.30. The van der Waals surface area contributed by atoms with E-state index in [9.17, 15) is 21.6 Å². The van der Waals surface area contributed by atoms with Gasteiger partial charge in [-0.05, 0) is 18.6 Å². The van der Waals surface area contributed by atoms with Gasteiger partial charge in [-0.15, -0.1) is 0 Å². The van der Waals surface area contributed by atoms with E-state index in [1.807, 2.05) is 0 Å². The number of hydrogen-bond acceptors (Lipinski definition) is 3. The molecule has 0 bridgehead atoms. The quantitative estimate of drug-likeness (QED) is 0.810. The van der Waals surface area contributed by atoms with E-state index in [1.54, 1.807) is 6.92 Å². The third-order valence-corrected chi connectivity index (χ3v) is 4.36. The van der Waals surface area contributed by atoms with Gasteiger partial charge in [0.05, 0.1) is 6.61 Å². The lowest BCUT2D eigenvalue weighted by Crippen LogP contribution is -2.35. The molecular weight excluding hydrogens is 283 g/mol. The summed E-state index contributed by atoms with van der Waals surface area (Å²) < 4.78 is 64.4. The van der Waals surface area contributed by atoms with Crippen LogP contribution in [-0.2, 0) is 10.0 Å². The molecule has 19 heavy (non-hydrogen) atoms. The van der Waals surface area contributed by atoms with Gasteiger partial charge in [0.25, 0.3) is 0 Å². The predicted octanol–water partition coefficient (Wildman–Crippen LogP) is 1.50. The van der Waals surface area contributed by atoms with Crippen molar-refractivity contribution in [3.8, 4) is 0 Å². The third kappa shape index (κ3) is 3.26. The van der Waals surface area contributed by atoms with E-state index >= 15 is 0 Å². The summed E-state index contributed by atoms with van der Waals surface area (Å²) in [5.74, 6) is -5.04. The summed E-state index contributed by atoms with van der Waals surface area (Å²) in [6.07, 6.45) is 0.435. The summed E-state index contributed by atoms with van der Waals surface area (Å²) >= 11 is 0. The van der Waals surface area contributed by atoms with Crippen molar-refractivity contribution >= 4 is 10.0 Å². The van der Waals surface area contributed by atoms with Gasteiger partial charge in [-0.3, -0.25) is 0 Å². The highest BCUT2D eigenvalue weighted by molar-refractivity contribution is 7.89. The Morgan fingerprint density at radius 1 is 1.16 bits per heavy atom. The van der Waals surface area contributed by atoms with Crippen molar-refractivity contribution in [3.63, 3.8) is 0 Å². The number of aliphatic hydroxyl groups excluding tert-OH is 1. The molecule has 1 rings (SSSR count). The minimum Gasteiger partial charge on any atom is -0.395 e. The van der Waals surface area contributed by atoms with Gasteiger partial charge in [-0.25, -0.2) is 21.6 Å². The van der Waals surface area contributed by atoms with E-state index in [0.29, 0.717) is 18.6 Å². The van der Waals surface area contributed by atoms with Crippen molar-refractivity contribution < 1.29 is 26.7 Å². The van der Waals surface area contributed by atoms with Crippen molar-refractivity contribution in [2.45, 2.75) is 18.2 Å². The third-order valence-electron chi connectivity index (χ3n) is 2.44. The lowest BCUT2D eigenvalue weighted by atomic mass is 10.3. The van der Waals surface area contributed by atoms with Crippen molar-refractivity contribution in [3.05, 3.63) is 29.6 Å². The van der Waals surface area contributed by atoms with E-state index in [2.05, 4.69) is 0 Å². The number of hydrogen-bond donors (Lipinski definition) is 1. The molecule has 8 heteroatoms. The Morgan fingerprint density at radius 3 is 2.32 bits per heavy atom. The number of rotatable bonds is 6. The summed E-state index contributed by atoms with van der Waals surface area (Å²) in [4.78, 5) is -0.937. The first-order valence-corrected chi connectivity index (χ1v) is 7.04. The fourth-order valence-electron chi connectivity index (χ4n) is 1.56. The molecule has 108 valence electrons. The zero-order valence-corrected chi connectivity index (χ0v) is 11.1. The lowest BCUT2D eigenvalue weighted by Gasteiger charge is -2.20. The number of aliphatic hydroxyl groups is 1. The van der Waals surface area contributed by atoms with Gasteiger partial charge in [0.15, 0.2) is 17.5 Å². The molecule has 0 saturated carbocycles. The molecule has 1 N–H and O–H groups in total. The van der Waals surface area contributed by atoms with Crippen LogP contribution in [0.3, 0.4) is 0 Å². The molecule has 1 aromatic carbocycles. The van der Waals surface area contributed by atoms with Crippen LogP contribution in [-0.4, -0.2) is 37.5 Å². The highest BCUT2D eigenvalue weighted by Crippen LogP contribution is 2.23. The summed E-state index contributed by atoms with van der Waals surface area (Å²) in [6, 6.07) is 1.22. The Hall–Kier alpha value is -1.12. The molecule has 4 nitrogen and oxygen atoms in total. The standard InChI is InChI=1S/C11H14F3NO3S/c1-2-5-15(6-7-16)19(17,18)9-4-3-8(12)10(13)11(9)14/h3-4,16H,2,5-7H2,1H3. The number of halogens is 3. The average molecular weight is 297 g/mol. The number of sulfonamides is 1. The zero-order chi connectivity index (χ0) is 14.6. The van der Waals surface area contributed by atoms with Crippen LogP contribution in [0.25, 0.3) is 0 Å². The van der Waals surface area contributed by atoms with Gasteiger partial charge in [-0.2, -0.15) is 4.31 Å². The maximum Gasteiger partial charge on any atom is 0.246 e. The maximum atomic E-state index is 13.5. The van der Waals surface area contributed by atoms with E-state index in [-0.39, 0.29) is 13.1 Å². The monoisotopic (exact) mass is 297 g/mol. The van der Waals surface area contributed by atoms with Gasteiger partial charge in [-0.1, -0.05) is 6.92 Å². The van der Waals surface area contributed by atoms with Crippen molar-refractivity contribution in [1.29, 1.82) is 0 Å². The SMILES string of the molecule is CCCN(CCO)S(=O)(=O)c1ccc(F)c(F)c1F. The van der Waals surface area contributed by atoms with Crippen LogP contribution in [0, 0.1) is 17.5 Å². The highest BCUT2D eigenvalue weighted by Gasteiger charge is 2.29. The number of nitrogens with zero attached hydrogens (tertiary/aromatic N) is 1. The van der Waals surface area contributed by atoms with Crippen LogP contribution in [0.5, 0.6) is 0 Å². The topological polar surface area (TPSA) is 57.6 Å². The Balaban J connectivity index is 3.29. The second-order valence-electron chi connectivity index (χ2n) is 3.80. The molecule has 0 fully saturated rings. The minimum absolute atomic E-state index is 0.0430. The second-order valence-corrected chi connectivity index (χ2v) is 5.71. The van der Waals surface area contributed by atoms with Crippen LogP contribution in [0.2, 0.25) is 0 Å². The van der Waals surface area contributed by atoms with Gasteiger partial charge < -0.3 is 5.11 Å². The summed E-state index contributed by atoms with van der Waals surface area (Å²) in [6.45, 7) is 1.04. The predicted molar refractivity (Wildman–Crippen MR) is 62.5 cm³/mol. The molecular formula is C11H14F3NO3S. The van der Waals surface area contributed by atoms with E-state index in [0.717, 1.165) is 4.31 Å². The van der Waals surface area contributed by atoms with E-state index in [4.69, 9.17) is 5.11 Å². The average Bonchev–Trinajstić information content (AvgIpc) is 2.35. The fourth-order valence-corrected chi connectivity index (χ4v) is 3.14. The zero-order valence-electron chi connectivity index (χ0n) is 10.2. The smallest absolute Gasteiger partial charge is 0.246 e. The molecule has 0 unspecified atom stereocenters. The van der Waals surface area contributed by atoms with Crippen molar-refractivity contribution in [1.82, 2.24) is 4.31 Å². The van der Waals surface area contributed by atoms with Gasteiger partial charge in [0, 0.05) is 13.1 Å². The normalized spacial score (nSPS) is 12.1. The molecule has 0 aromatic heterocycles. The summed E-state index contributed by atoms with van der Waals surface area (Å²) in [5.41, 5.74) is 0. The molecule has 1 aromatic rings. The Labute approximate surface area is 109 Å². The molecule has 0 aliphatic carbocycles. The Bertz CT molecular complexity index is 542. The molecule has 0 aliphatic rings. The van der Waals surface area contributed by atoms with Crippen molar-refractivity contribution in [2.24, 2.45) is 0 Å². The highest BCUT2D eigenvalue weighted by atomic mass is 32.2. The largest absolute Gasteiger partial charge is 0.395 e. The number of benzene rings is 1. The van der Waals surface area contributed by atoms with Crippen molar-refractivity contribution in [2.75, 3.05) is 19.7 Å². The molecule has 0 amide bonds. The molecule has 0 atom stereocenters. The molecule has 0 spiro atoms. The van der Waals surface area contributed by atoms with Gasteiger partial charge >= 0.3 is 0 Å². The van der Waals surface area contributed by atoms with E-state index < -0.39 is 39.0 Å². The Kier molecular flexibility index (Phi) is 5.33. The van der Waals surface area contributed by atoms with Gasteiger partial charge in [0.2, 0.25) is 10.0 Å². The van der Waals surface area contributed by atoms with Crippen LogP contribution in [0.4, 0.5) is 13.2 Å². The van der Waals surface area contributed by atoms with Crippen LogP contribution in [0.15, 0.2) is 17.0 Å². The van der Waals surface area contributed by atoms with Crippen LogP contribution in [0.1, 0.15) is 13.3 Å². The fraction of sp³-hybridized carbons (Fsp3) is 0.455.